The summed E-state index contributed by atoms with van der Waals surface area (Å²) in [6.07, 6.45) is 1.32. The molecule has 4 heterocycles. The maximum absolute atomic E-state index is 13.1. The van der Waals surface area contributed by atoms with Crippen molar-refractivity contribution in [2.75, 3.05) is 13.2 Å². The van der Waals surface area contributed by atoms with E-state index >= 15 is 0 Å². The van der Waals surface area contributed by atoms with Crippen LogP contribution < -0.4 is 9.46 Å². The summed E-state index contributed by atoms with van der Waals surface area (Å²) in [5, 5.41) is 9.37. The van der Waals surface area contributed by atoms with Crippen LogP contribution in [0.3, 0.4) is 0 Å². The minimum Gasteiger partial charge on any atom is -0.477 e. The van der Waals surface area contributed by atoms with Crippen molar-refractivity contribution in [1.82, 2.24) is 34.2 Å². The Morgan fingerprint density at radius 2 is 1.85 bits per heavy atom. The van der Waals surface area contributed by atoms with E-state index in [2.05, 4.69) is 33.8 Å². The molecule has 3 aromatic rings. The number of aromatic nitrogens is 5. The standard InChI is InChI=1S/C32H41ClF3N7O4S/c1-29(2,3)47-28(45)42-20-21(19-30(42,4)5)9-15-41-16-11-25(39-41)48-40-27(44)22-7-8-23(37-26(22)33)43-17-10-24(38-43)46-18-6-12-31(13-14-31)32(34,35)36/h7-8,10-11,16-17,21H,6,9,12-15,18-20H2,1-5H3,(H,40,44). The lowest BCUT2D eigenvalue weighted by atomic mass is 9.94. The topological polar surface area (TPSA) is 116 Å². The highest BCUT2D eigenvalue weighted by molar-refractivity contribution is 7.97. The van der Waals surface area contributed by atoms with Gasteiger partial charge in [0.15, 0.2) is 5.82 Å². The molecule has 1 saturated carbocycles. The Hall–Kier alpha value is -3.46. The lowest BCUT2D eigenvalue weighted by molar-refractivity contribution is -0.189. The van der Waals surface area contributed by atoms with Crippen molar-refractivity contribution in [2.45, 2.75) is 102 Å². The minimum atomic E-state index is -4.17. The highest BCUT2D eigenvalue weighted by Gasteiger charge is 2.62. The van der Waals surface area contributed by atoms with Gasteiger partial charge >= 0.3 is 12.3 Å². The molecule has 2 aliphatic rings. The van der Waals surface area contributed by atoms with E-state index in [0.29, 0.717) is 29.9 Å². The molecule has 3 aromatic heterocycles. The molecule has 1 N–H and O–H groups in total. The molecule has 262 valence electrons. The van der Waals surface area contributed by atoms with Crippen LogP contribution in [0.15, 0.2) is 41.7 Å². The van der Waals surface area contributed by atoms with Crippen molar-refractivity contribution in [2.24, 2.45) is 11.3 Å². The number of alkyl halides is 3. The Kier molecular flexibility index (Phi) is 10.3. The number of ether oxygens (including phenoxy) is 2. The zero-order valence-corrected chi connectivity index (χ0v) is 29.2. The van der Waals surface area contributed by atoms with Gasteiger partial charge in [-0.3, -0.25) is 14.2 Å². The molecule has 48 heavy (non-hydrogen) atoms. The van der Waals surface area contributed by atoms with Gasteiger partial charge in [-0.15, -0.1) is 5.10 Å². The number of carbonyl (C=O) groups is 2. The molecule has 0 spiro atoms. The second kappa shape index (κ2) is 13.8. The minimum absolute atomic E-state index is 0.0316. The quantitative estimate of drug-likeness (QED) is 0.117. The fraction of sp³-hybridized carbons (Fsp3) is 0.594. The number of aryl methyl sites for hydroxylation is 1. The second-order valence-corrected chi connectivity index (χ2v) is 15.2. The van der Waals surface area contributed by atoms with E-state index in [1.54, 1.807) is 24.4 Å². The third kappa shape index (κ3) is 8.76. The second-order valence-electron chi connectivity index (χ2n) is 14.0. The van der Waals surface area contributed by atoms with Gasteiger partial charge in [-0.05, 0) is 97.3 Å². The third-order valence-corrected chi connectivity index (χ3v) is 9.59. The van der Waals surface area contributed by atoms with Crippen LogP contribution in [0.2, 0.25) is 5.15 Å². The van der Waals surface area contributed by atoms with Gasteiger partial charge < -0.3 is 14.4 Å². The Labute approximate surface area is 287 Å². The van der Waals surface area contributed by atoms with Crippen LogP contribution in [0.1, 0.15) is 83.5 Å². The molecule has 5 rings (SSSR count). The van der Waals surface area contributed by atoms with Crippen LogP contribution in [0, 0.1) is 11.3 Å². The van der Waals surface area contributed by atoms with Crippen molar-refractivity contribution in [3.05, 3.63) is 47.4 Å². The van der Waals surface area contributed by atoms with E-state index in [-0.39, 0.29) is 60.5 Å². The number of amides is 2. The van der Waals surface area contributed by atoms with Crippen LogP contribution in [-0.2, 0) is 11.3 Å². The van der Waals surface area contributed by atoms with Crippen molar-refractivity contribution < 1.29 is 32.2 Å². The number of hydrogen-bond donors (Lipinski definition) is 1. The Morgan fingerprint density at radius 3 is 2.52 bits per heavy atom. The maximum atomic E-state index is 13.1. The first-order valence-corrected chi connectivity index (χ1v) is 17.1. The number of hydrogen-bond acceptors (Lipinski definition) is 8. The molecule has 2 amide bonds. The third-order valence-electron chi connectivity index (χ3n) is 8.59. The summed E-state index contributed by atoms with van der Waals surface area (Å²) in [5.41, 5.74) is -2.23. The molecule has 1 unspecified atom stereocenters. The highest BCUT2D eigenvalue weighted by Crippen LogP contribution is 2.60. The normalized spacial score (nSPS) is 18.5. The molecule has 0 bridgehead atoms. The fourth-order valence-corrected chi connectivity index (χ4v) is 6.67. The van der Waals surface area contributed by atoms with Gasteiger partial charge in [0.05, 0.1) is 17.6 Å². The number of nitrogens with one attached hydrogen (secondary N) is 1. The van der Waals surface area contributed by atoms with Crippen molar-refractivity contribution in [3.63, 3.8) is 0 Å². The van der Waals surface area contributed by atoms with Crippen LogP contribution in [0.5, 0.6) is 5.88 Å². The molecule has 2 fully saturated rings. The van der Waals surface area contributed by atoms with Crippen molar-refractivity contribution in [1.29, 1.82) is 0 Å². The average molecular weight is 712 g/mol. The molecule has 1 aliphatic carbocycles. The summed E-state index contributed by atoms with van der Waals surface area (Å²) in [7, 11) is 0. The summed E-state index contributed by atoms with van der Waals surface area (Å²) in [6, 6.07) is 6.48. The molecular weight excluding hydrogens is 671 g/mol. The summed E-state index contributed by atoms with van der Waals surface area (Å²) < 4.78 is 56.4. The monoisotopic (exact) mass is 711 g/mol. The number of rotatable bonds is 12. The molecule has 0 radical (unpaired) electrons. The number of carbonyl (C=O) groups excluding carboxylic acids is 2. The van der Waals surface area contributed by atoms with Gasteiger partial charge in [0.1, 0.15) is 15.8 Å². The van der Waals surface area contributed by atoms with E-state index in [1.807, 2.05) is 36.5 Å². The average Bonchev–Trinajstić information content (AvgIpc) is 3.29. The van der Waals surface area contributed by atoms with Gasteiger partial charge in [0.2, 0.25) is 5.88 Å². The van der Waals surface area contributed by atoms with Crippen LogP contribution >= 0.6 is 23.5 Å². The highest BCUT2D eigenvalue weighted by atomic mass is 35.5. The van der Waals surface area contributed by atoms with Gasteiger partial charge in [0, 0.05) is 49.0 Å². The van der Waals surface area contributed by atoms with E-state index in [1.165, 1.54) is 10.7 Å². The number of likely N-dealkylation sites (tertiary alicyclic amines) is 1. The zero-order chi connectivity index (χ0) is 34.9. The molecule has 16 heteroatoms. The molecule has 1 aliphatic heterocycles. The summed E-state index contributed by atoms with van der Waals surface area (Å²) in [6.45, 7) is 11.1. The Balaban J connectivity index is 1.06. The fourth-order valence-electron chi connectivity index (χ4n) is 5.86. The first kappa shape index (κ1) is 35.8. The van der Waals surface area contributed by atoms with Gasteiger partial charge in [-0.1, -0.05) is 11.6 Å². The molecule has 11 nitrogen and oxygen atoms in total. The predicted octanol–water partition coefficient (Wildman–Crippen LogP) is 7.48. The van der Waals surface area contributed by atoms with Crippen molar-refractivity contribution in [3.8, 4) is 11.7 Å². The number of pyridine rings is 1. The first-order chi connectivity index (χ1) is 22.4. The molecule has 1 saturated heterocycles. The lowest BCUT2D eigenvalue weighted by Gasteiger charge is -2.33. The van der Waals surface area contributed by atoms with Gasteiger partial charge in [0.25, 0.3) is 5.91 Å². The summed E-state index contributed by atoms with van der Waals surface area (Å²) >= 11 is 7.40. The molecule has 1 atom stereocenters. The zero-order valence-electron chi connectivity index (χ0n) is 27.6. The summed E-state index contributed by atoms with van der Waals surface area (Å²) in [4.78, 5) is 31.7. The van der Waals surface area contributed by atoms with Crippen LogP contribution in [0.25, 0.3) is 5.82 Å². The Bertz CT molecular complexity index is 1620. The van der Waals surface area contributed by atoms with E-state index in [0.717, 1.165) is 24.8 Å². The van der Waals surface area contributed by atoms with E-state index < -0.39 is 23.1 Å². The SMILES string of the molecule is CC(C)(C)OC(=O)N1CC(CCn2ccc(SNC(=O)c3ccc(-n4ccc(OCCCC5(C(F)(F)F)CC5)n4)nc3Cl)n2)CC1(C)C. The Morgan fingerprint density at radius 1 is 1.10 bits per heavy atom. The van der Waals surface area contributed by atoms with Gasteiger partial charge in [-0.2, -0.15) is 18.3 Å². The van der Waals surface area contributed by atoms with Crippen LogP contribution in [-0.4, -0.2) is 71.9 Å². The number of halogens is 4. The first-order valence-electron chi connectivity index (χ1n) is 15.9. The van der Waals surface area contributed by atoms with E-state index in [9.17, 15) is 22.8 Å². The molecule has 0 aromatic carbocycles. The smallest absolute Gasteiger partial charge is 0.410 e. The largest absolute Gasteiger partial charge is 0.477 e. The molecular formula is C32H41ClF3N7O4S. The van der Waals surface area contributed by atoms with E-state index in [4.69, 9.17) is 21.1 Å². The number of nitrogens with zero attached hydrogens (tertiary/aromatic N) is 6. The van der Waals surface area contributed by atoms with Crippen molar-refractivity contribution >= 4 is 35.5 Å². The maximum Gasteiger partial charge on any atom is 0.410 e. The van der Waals surface area contributed by atoms with Crippen LogP contribution in [0.4, 0.5) is 18.0 Å². The lowest BCUT2D eigenvalue weighted by Crippen LogP contribution is -2.45. The van der Waals surface area contributed by atoms with Gasteiger partial charge in [-0.25, -0.2) is 14.5 Å². The summed E-state index contributed by atoms with van der Waals surface area (Å²) in [5.74, 6) is 0.437. The predicted molar refractivity (Wildman–Crippen MR) is 174 cm³/mol.